The van der Waals surface area contributed by atoms with Crippen molar-refractivity contribution in [3.8, 4) is 11.5 Å². The fraction of sp³-hybridized carbons (Fsp3) is 0.417. The first-order chi connectivity index (χ1) is 7.61. The third-order valence-corrected chi connectivity index (χ3v) is 2.22. The first kappa shape index (κ1) is 12.4. The van der Waals surface area contributed by atoms with Crippen LogP contribution in [0.15, 0.2) is 24.3 Å². The topological polar surface area (TPSA) is 55.8 Å². The number of hydrogen-bond acceptors (Lipinski definition) is 4. The van der Waals surface area contributed by atoms with Gasteiger partial charge in [0.2, 0.25) is 0 Å². The first-order valence-electron chi connectivity index (χ1n) is 5.25. The fourth-order valence-electron chi connectivity index (χ4n) is 0.968. The summed E-state index contributed by atoms with van der Waals surface area (Å²) in [5, 5.41) is 9.03. The van der Waals surface area contributed by atoms with Crippen LogP contribution in [0, 0.1) is 5.92 Å². The predicted octanol–water partition coefficient (Wildman–Crippen LogP) is 2.95. The fourth-order valence-corrected chi connectivity index (χ4v) is 0.968. The SMILES string of the molecule is CCC(C)COC(=O)Oc1ccc(O)cc1. The third kappa shape index (κ3) is 4.21. The highest BCUT2D eigenvalue weighted by Gasteiger charge is 2.08. The maximum absolute atomic E-state index is 11.2. The Morgan fingerprint density at radius 2 is 2.00 bits per heavy atom. The van der Waals surface area contributed by atoms with Crippen LogP contribution in [0.25, 0.3) is 0 Å². The van der Waals surface area contributed by atoms with Gasteiger partial charge in [0.05, 0.1) is 6.61 Å². The number of carbonyl (C=O) groups excluding carboxylic acids is 1. The summed E-state index contributed by atoms with van der Waals surface area (Å²) >= 11 is 0. The molecule has 88 valence electrons. The zero-order chi connectivity index (χ0) is 12.0. The molecule has 0 aliphatic carbocycles. The molecule has 1 atom stereocenters. The van der Waals surface area contributed by atoms with E-state index in [1.54, 1.807) is 0 Å². The van der Waals surface area contributed by atoms with Crippen molar-refractivity contribution >= 4 is 6.16 Å². The van der Waals surface area contributed by atoms with Gasteiger partial charge in [0.25, 0.3) is 0 Å². The minimum absolute atomic E-state index is 0.125. The smallest absolute Gasteiger partial charge is 0.508 e. The van der Waals surface area contributed by atoms with Crippen LogP contribution < -0.4 is 4.74 Å². The molecule has 0 heterocycles. The maximum Gasteiger partial charge on any atom is 0.513 e. The monoisotopic (exact) mass is 224 g/mol. The Balaban J connectivity index is 2.37. The Hall–Kier alpha value is -1.71. The summed E-state index contributed by atoms with van der Waals surface area (Å²) in [5.74, 6) is 0.805. The number of carbonyl (C=O) groups is 1. The van der Waals surface area contributed by atoms with Gasteiger partial charge in [0.1, 0.15) is 11.5 Å². The van der Waals surface area contributed by atoms with Gasteiger partial charge in [-0.25, -0.2) is 4.79 Å². The van der Waals surface area contributed by atoms with Crippen LogP contribution in [-0.4, -0.2) is 17.9 Å². The molecule has 1 rings (SSSR count). The van der Waals surface area contributed by atoms with Crippen LogP contribution >= 0.6 is 0 Å². The zero-order valence-corrected chi connectivity index (χ0v) is 9.47. The van der Waals surface area contributed by atoms with Crippen molar-refractivity contribution in [2.45, 2.75) is 20.3 Å². The van der Waals surface area contributed by atoms with E-state index in [-0.39, 0.29) is 5.75 Å². The molecular weight excluding hydrogens is 208 g/mol. The van der Waals surface area contributed by atoms with Gasteiger partial charge in [-0.15, -0.1) is 0 Å². The summed E-state index contributed by atoms with van der Waals surface area (Å²) in [6.45, 7) is 4.38. The molecule has 0 fully saturated rings. The van der Waals surface area contributed by atoms with E-state index < -0.39 is 6.16 Å². The number of ether oxygens (including phenoxy) is 2. The van der Waals surface area contributed by atoms with Gasteiger partial charge in [-0.2, -0.15) is 0 Å². The largest absolute Gasteiger partial charge is 0.513 e. The van der Waals surface area contributed by atoms with Gasteiger partial charge in [0, 0.05) is 0 Å². The highest BCUT2D eigenvalue weighted by molar-refractivity contribution is 5.63. The lowest BCUT2D eigenvalue weighted by molar-refractivity contribution is 0.0857. The number of phenols is 1. The van der Waals surface area contributed by atoms with Crippen molar-refractivity contribution in [2.24, 2.45) is 5.92 Å². The zero-order valence-electron chi connectivity index (χ0n) is 9.47. The molecule has 0 aliphatic rings. The maximum atomic E-state index is 11.2. The molecule has 0 amide bonds. The summed E-state index contributed by atoms with van der Waals surface area (Å²) in [5.41, 5.74) is 0. The second kappa shape index (κ2) is 6.00. The lowest BCUT2D eigenvalue weighted by atomic mass is 10.1. The average Bonchev–Trinajstić information content (AvgIpc) is 2.29. The van der Waals surface area contributed by atoms with Crippen LogP contribution in [0.5, 0.6) is 11.5 Å². The van der Waals surface area contributed by atoms with Gasteiger partial charge < -0.3 is 14.6 Å². The quantitative estimate of drug-likeness (QED) is 0.631. The Morgan fingerprint density at radius 1 is 1.38 bits per heavy atom. The third-order valence-electron chi connectivity index (χ3n) is 2.22. The summed E-state index contributed by atoms with van der Waals surface area (Å²) in [6, 6.07) is 5.88. The van der Waals surface area contributed by atoms with E-state index in [1.807, 2.05) is 13.8 Å². The van der Waals surface area contributed by atoms with Crippen molar-refractivity contribution in [3.05, 3.63) is 24.3 Å². The molecule has 1 unspecified atom stereocenters. The summed E-state index contributed by atoms with van der Waals surface area (Å²) in [6.07, 6.45) is 0.234. The number of benzene rings is 1. The predicted molar refractivity (Wildman–Crippen MR) is 59.5 cm³/mol. The van der Waals surface area contributed by atoms with Crippen LogP contribution in [0.3, 0.4) is 0 Å². The molecule has 0 radical (unpaired) electrons. The van der Waals surface area contributed by atoms with Gasteiger partial charge in [-0.05, 0) is 30.2 Å². The van der Waals surface area contributed by atoms with Crippen molar-refractivity contribution in [1.29, 1.82) is 0 Å². The minimum Gasteiger partial charge on any atom is -0.508 e. The average molecular weight is 224 g/mol. The second-order valence-electron chi connectivity index (χ2n) is 3.67. The highest BCUT2D eigenvalue weighted by atomic mass is 16.7. The highest BCUT2D eigenvalue weighted by Crippen LogP contribution is 2.16. The van der Waals surface area contributed by atoms with Crippen LogP contribution in [-0.2, 0) is 4.74 Å². The van der Waals surface area contributed by atoms with E-state index >= 15 is 0 Å². The molecule has 0 spiro atoms. The molecule has 4 nitrogen and oxygen atoms in total. The molecule has 4 heteroatoms. The lowest BCUT2D eigenvalue weighted by Gasteiger charge is -2.09. The van der Waals surface area contributed by atoms with Gasteiger partial charge in [0.15, 0.2) is 0 Å². The van der Waals surface area contributed by atoms with Crippen molar-refractivity contribution in [1.82, 2.24) is 0 Å². The Kier molecular flexibility index (Phi) is 4.64. The Bertz CT molecular complexity index is 331. The summed E-state index contributed by atoms with van der Waals surface area (Å²) in [7, 11) is 0. The number of phenolic OH excluding ortho intramolecular Hbond substituents is 1. The number of hydrogen-bond donors (Lipinski definition) is 1. The van der Waals surface area contributed by atoms with Crippen molar-refractivity contribution < 1.29 is 19.4 Å². The van der Waals surface area contributed by atoms with Gasteiger partial charge in [-0.3, -0.25) is 0 Å². The van der Waals surface area contributed by atoms with Crippen molar-refractivity contribution in [3.63, 3.8) is 0 Å². The first-order valence-corrected chi connectivity index (χ1v) is 5.25. The van der Waals surface area contributed by atoms with E-state index in [4.69, 9.17) is 14.6 Å². The molecule has 1 N–H and O–H groups in total. The van der Waals surface area contributed by atoms with E-state index in [9.17, 15) is 4.79 Å². The Morgan fingerprint density at radius 3 is 2.56 bits per heavy atom. The van der Waals surface area contributed by atoms with E-state index in [1.165, 1.54) is 24.3 Å². The molecule has 0 saturated heterocycles. The van der Waals surface area contributed by atoms with Crippen LogP contribution in [0.1, 0.15) is 20.3 Å². The van der Waals surface area contributed by atoms with E-state index in [0.29, 0.717) is 18.3 Å². The van der Waals surface area contributed by atoms with Gasteiger partial charge >= 0.3 is 6.16 Å². The second-order valence-corrected chi connectivity index (χ2v) is 3.67. The molecule has 0 bridgehead atoms. The van der Waals surface area contributed by atoms with Crippen molar-refractivity contribution in [2.75, 3.05) is 6.61 Å². The van der Waals surface area contributed by atoms with E-state index in [2.05, 4.69) is 0 Å². The molecule has 1 aromatic carbocycles. The molecular formula is C12H16O4. The number of aromatic hydroxyl groups is 1. The minimum atomic E-state index is -0.717. The van der Waals surface area contributed by atoms with E-state index in [0.717, 1.165) is 6.42 Å². The molecule has 0 aliphatic heterocycles. The van der Waals surface area contributed by atoms with Gasteiger partial charge in [-0.1, -0.05) is 20.3 Å². The molecule has 16 heavy (non-hydrogen) atoms. The summed E-state index contributed by atoms with van der Waals surface area (Å²) < 4.78 is 9.80. The lowest BCUT2D eigenvalue weighted by Crippen LogP contribution is -2.15. The van der Waals surface area contributed by atoms with Crippen LogP contribution in [0.4, 0.5) is 4.79 Å². The standard InChI is InChI=1S/C12H16O4/c1-3-9(2)8-15-12(14)16-11-6-4-10(13)5-7-11/h4-7,9,13H,3,8H2,1-2H3. The number of rotatable bonds is 4. The molecule has 0 saturated carbocycles. The molecule has 0 aromatic heterocycles. The Labute approximate surface area is 94.8 Å². The summed E-state index contributed by atoms with van der Waals surface area (Å²) in [4.78, 5) is 11.2. The van der Waals surface area contributed by atoms with Crippen LogP contribution in [0.2, 0.25) is 0 Å². The normalized spacial score (nSPS) is 11.9. The molecule has 1 aromatic rings.